The third kappa shape index (κ3) is 2.51. The maximum absolute atomic E-state index is 5.96. The van der Waals surface area contributed by atoms with E-state index in [4.69, 9.17) is 5.73 Å². The van der Waals surface area contributed by atoms with E-state index in [1.165, 1.54) is 12.8 Å². The van der Waals surface area contributed by atoms with Gasteiger partial charge in [0.15, 0.2) is 0 Å². The number of hydrogen-bond acceptors (Lipinski definition) is 4. The van der Waals surface area contributed by atoms with Crippen LogP contribution >= 0.6 is 0 Å². The zero-order valence-corrected chi connectivity index (χ0v) is 10.8. The Morgan fingerprint density at radius 1 is 1.41 bits per heavy atom. The molecule has 4 nitrogen and oxygen atoms in total. The molecule has 1 unspecified atom stereocenters. The van der Waals surface area contributed by atoms with Gasteiger partial charge in [0.1, 0.15) is 18.0 Å². The van der Waals surface area contributed by atoms with Crippen molar-refractivity contribution in [1.82, 2.24) is 9.97 Å². The molecular weight excluding hydrogens is 212 g/mol. The van der Waals surface area contributed by atoms with E-state index in [-0.39, 0.29) is 0 Å². The van der Waals surface area contributed by atoms with Crippen LogP contribution in [0.3, 0.4) is 0 Å². The summed E-state index contributed by atoms with van der Waals surface area (Å²) in [4.78, 5) is 10.9. The molecule has 0 aromatic carbocycles. The minimum absolute atomic E-state index is 0.650. The minimum atomic E-state index is 0.650. The van der Waals surface area contributed by atoms with E-state index in [2.05, 4.69) is 28.7 Å². The Morgan fingerprint density at radius 3 is 2.88 bits per heavy atom. The molecular formula is C13H22N4. The summed E-state index contributed by atoms with van der Waals surface area (Å²) in [5.41, 5.74) is 7.10. The number of nitrogens with zero attached hydrogens (tertiary/aromatic N) is 3. The first-order chi connectivity index (χ1) is 8.26. The molecule has 2 N–H and O–H groups in total. The molecule has 1 aliphatic rings. The first-order valence-electron chi connectivity index (χ1n) is 6.60. The van der Waals surface area contributed by atoms with Crippen molar-refractivity contribution in [3.8, 4) is 0 Å². The molecule has 1 saturated heterocycles. The number of nitrogens with two attached hydrogens (primary N) is 1. The molecule has 1 aliphatic heterocycles. The van der Waals surface area contributed by atoms with Gasteiger partial charge in [-0.1, -0.05) is 26.7 Å². The van der Waals surface area contributed by atoms with E-state index < -0.39 is 0 Å². The molecule has 1 aromatic heterocycles. The van der Waals surface area contributed by atoms with E-state index in [9.17, 15) is 0 Å². The van der Waals surface area contributed by atoms with Crippen LogP contribution < -0.4 is 10.6 Å². The van der Waals surface area contributed by atoms with Crippen LogP contribution in [-0.4, -0.2) is 23.1 Å². The van der Waals surface area contributed by atoms with Gasteiger partial charge in [-0.2, -0.15) is 0 Å². The van der Waals surface area contributed by atoms with Crippen molar-refractivity contribution in [3.63, 3.8) is 0 Å². The maximum Gasteiger partial charge on any atom is 0.137 e. The number of anilines is 2. The third-order valence-electron chi connectivity index (χ3n) is 3.62. The molecule has 0 amide bonds. The van der Waals surface area contributed by atoms with Crippen LogP contribution in [0.5, 0.6) is 0 Å². The predicted molar refractivity (Wildman–Crippen MR) is 71.1 cm³/mol. The highest BCUT2D eigenvalue weighted by Gasteiger charge is 2.24. The van der Waals surface area contributed by atoms with Crippen molar-refractivity contribution < 1.29 is 0 Å². The van der Waals surface area contributed by atoms with E-state index >= 15 is 0 Å². The third-order valence-corrected chi connectivity index (χ3v) is 3.62. The van der Waals surface area contributed by atoms with Gasteiger partial charge in [-0.05, 0) is 18.8 Å². The molecule has 0 saturated carbocycles. The van der Waals surface area contributed by atoms with Crippen molar-refractivity contribution >= 4 is 11.6 Å². The molecule has 4 heteroatoms. The highest BCUT2D eigenvalue weighted by molar-refractivity contribution is 5.57. The Kier molecular flexibility index (Phi) is 3.82. The summed E-state index contributed by atoms with van der Waals surface area (Å²) in [6.45, 7) is 6.64. The summed E-state index contributed by atoms with van der Waals surface area (Å²) in [5, 5.41) is 0. The molecule has 17 heavy (non-hydrogen) atoms. The topological polar surface area (TPSA) is 55.0 Å². The normalized spacial score (nSPS) is 19.9. The van der Waals surface area contributed by atoms with Crippen molar-refractivity contribution in [2.75, 3.05) is 23.7 Å². The van der Waals surface area contributed by atoms with Crippen LogP contribution in [0.1, 0.15) is 38.7 Å². The second-order valence-electron chi connectivity index (χ2n) is 4.82. The van der Waals surface area contributed by atoms with Crippen molar-refractivity contribution in [2.45, 2.75) is 39.5 Å². The van der Waals surface area contributed by atoms with Crippen LogP contribution in [0.15, 0.2) is 6.33 Å². The van der Waals surface area contributed by atoms with Gasteiger partial charge < -0.3 is 10.6 Å². The molecule has 1 fully saturated rings. The zero-order chi connectivity index (χ0) is 12.3. The summed E-state index contributed by atoms with van der Waals surface area (Å²) in [7, 11) is 0. The van der Waals surface area contributed by atoms with Gasteiger partial charge in [-0.3, -0.25) is 0 Å². The van der Waals surface area contributed by atoms with E-state index in [0.717, 1.165) is 43.2 Å². The summed E-state index contributed by atoms with van der Waals surface area (Å²) >= 11 is 0. The molecule has 2 rings (SSSR count). The highest BCUT2D eigenvalue weighted by atomic mass is 15.2. The van der Waals surface area contributed by atoms with Crippen molar-refractivity contribution in [1.29, 1.82) is 0 Å². The zero-order valence-electron chi connectivity index (χ0n) is 10.8. The van der Waals surface area contributed by atoms with Crippen LogP contribution in [0, 0.1) is 5.92 Å². The van der Waals surface area contributed by atoms with Gasteiger partial charge in [0, 0.05) is 18.7 Å². The van der Waals surface area contributed by atoms with Gasteiger partial charge in [0.25, 0.3) is 0 Å². The second-order valence-corrected chi connectivity index (χ2v) is 4.82. The summed E-state index contributed by atoms with van der Waals surface area (Å²) in [5.74, 6) is 2.52. The molecule has 0 radical (unpaired) electrons. The lowest BCUT2D eigenvalue weighted by molar-refractivity contribution is 0.568. The fourth-order valence-corrected chi connectivity index (χ4v) is 2.54. The molecule has 1 aromatic rings. The van der Waals surface area contributed by atoms with E-state index in [1.807, 2.05) is 0 Å². The summed E-state index contributed by atoms with van der Waals surface area (Å²) in [6, 6.07) is 0. The molecule has 0 spiro atoms. The van der Waals surface area contributed by atoms with Crippen LogP contribution in [0.2, 0.25) is 0 Å². The van der Waals surface area contributed by atoms with Gasteiger partial charge in [0.2, 0.25) is 0 Å². The lowest BCUT2D eigenvalue weighted by atomic mass is 10.1. The van der Waals surface area contributed by atoms with Gasteiger partial charge in [0.05, 0.1) is 0 Å². The van der Waals surface area contributed by atoms with Crippen molar-refractivity contribution in [2.24, 2.45) is 5.92 Å². The van der Waals surface area contributed by atoms with E-state index in [0.29, 0.717) is 5.82 Å². The highest BCUT2D eigenvalue weighted by Crippen LogP contribution is 2.29. The number of hydrogen-bond donors (Lipinski definition) is 1. The molecule has 1 atom stereocenters. The summed E-state index contributed by atoms with van der Waals surface area (Å²) < 4.78 is 0. The maximum atomic E-state index is 5.96. The SMILES string of the molecule is CCCc1c(N)ncnc1N1CCC(CC)C1. The fourth-order valence-electron chi connectivity index (χ4n) is 2.54. The number of rotatable bonds is 4. The smallest absolute Gasteiger partial charge is 0.137 e. The monoisotopic (exact) mass is 234 g/mol. The average Bonchev–Trinajstić information content (AvgIpc) is 2.80. The van der Waals surface area contributed by atoms with Crippen LogP contribution in [0.25, 0.3) is 0 Å². The first-order valence-corrected chi connectivity index (χ1v) is 6.60. The van der Waals surface area contributed by atoms with Gasteiger partial charge >= 0.3 is 0 Å². The lowest BCUT2D eigenvalue weighted by Gasteiger charge is -2.21. The average molecular weight is 234 g/mol. The molecule has 2 heterocycles. The molecule has 0 aliphatic carbocycles. The Labute approximate surface area is 103 Å². The standard InChI is InChI=1S/C13H22N4/c1-3-5-11-12(14)15-9-16-13(11)17-7-6-10(4-2)8-17/h9-10H,3-8H2,1-2H3,(H2,14,15,16). The van der Waals surface area contributed by atoms with Crippen LogP contribution in [-0.2, 0) is 6.42 Å². The number of nitrogen functional groups attached to an aromatic ring is 1. The van der Waals surface area contributed by atoms with E-state index in [1.54, 1.807) is 6.33 Å². The van der Waals surface area contributed by atoms with Crippen LogP contribution in [0.4, 0.5) is 11.6 Å². The summed E-state index contributed by atoms with van der Waals surface area (Å²) in [6.07, 6.45) is 6.15. The Hall–Kier alpha value is -1.32. The Bertz CT molecular complexity index is 378. The van der Waals surface area contributed by atoms with Crippen molar-refractivity contribution in [3.05, 3.63) is 11.9 Å². The Balaban J connectivity index is 2.23. The quantitative estimate of drug-likeness (QED) is 0.868. The minimum Gasteiger partial charge on any atom is -0.383 e. The largest absolute Gasteiger partial charge is 0.383 e. The fraction of sp³-hybridized carbons (Fsp3) is 0.692. The Morgan fingerprint density at radius 2 is 2.24 bits per heavy atom. The predicted octanol–water partition coefficient (Wildman–Crippen LogP) is 2.25. The first kappa shape index (κ1) is 12.1. The second kappa shape index (κ2) is 5.34. The number of aromatic nitrogens is 2. The lowest BCUT2D eigenvalue weighted by Crippen LogP contribution is -2.23. The molecule has 0 bridgehead atoms. The van der Waals surface area contributed by atoms with Gasteiger partial charge in [-0.25, -0.2) is 9.97 Å². The molecule has 94 valence electrons. The van der Waals surface area contributed by atoms with Gasteiger partial charge in [-0.15, -0.1) is 0 Å².